The first-order valence-electron chi connectivity index (χ1n) is 7.18. The van der Waals surface area contributed by atoms with Crippen LogP contribution < -0.4 is 5.73 Å². The maximum absolute atomic E-state index is 6.55. The third-order valence-electron chi connectivity index (χ3n) is 4.63. The van der Waals surface area contributed by atoms with Gasteiger partial charge in [-0.2, -0.15) is 11.3 Å². The zero-order valence-electron chi connectivity index (χ0n) is 11.7. The molecular formula is C15H26N2S. The fraction of sp³-hybridized carbons (Fsp3) is 0.733. The molecule has 18 heavy (non-hydrogen) atoms. The molecule has 102 valence electrons. The van der Waals surface area contributed by atoms with E-state index in [1.54, 1.807) is 11.3 Å². The number of likely N-dealkylation sites (tertiary alicyclic amines) is 1. The number of hydrogen-bond acceptors (Lipinski definition) is 3. The van der Waals surface area contributed by atoms with Crippen molar-refractivity contribution in [1.82, 2.24) is 4.90 Å². The minimum absolute atomic E-state index is 0.155. The molecule has 0 spiro atoms. The van der Waals surface area contributed by atoms with Crippen molar-refractivity contribution in [1.29, 1.82) is 0 Å². The molecule has 2 rings (SSSR count). The van der Waals surface area contributed by atoms with Gasteiger partial charge in [-0.05, 0) is 68.1 Å². The summed E-state index contributed by atoms with van der Waals surface area (Å²) >= 11 is 1.77. The Kier molecular flexibility index (Phi) is 4.82. The molecule has 0 radical (unpaired) electrons. The van der Waals surface area contributed by atoms with Crippen LogP contribution in [0.4, 0.5) is 0 Å². The minimum Gasteiger partial charge on any atom is -0.326 e. The van der Waals surface area contributed by atoms with E-state index in [9.17, 15) is 0 Å². The van der Waals surface area contributed by atoms with Gasteiger partial charge in [0.25, 0.3) is 0 Å². The van der Waals surface area contributed by atoms with E-state index in [4.69, 9.17) is 5.73 Å². The van der Waals surface area contributed by atoms with Crippen molar-refractivity contribution in [3.05, 3.63) is 22.4 Å². The highest BCUT2D eigenvalue weighted by molar-refractivity contribution is 7.07. The Morgan fingerprint density at radius 1 is 1.39 bits per heavy atom. The van der Waals surface area contributed by atoms with Gasteiger partial charge in [0.2, 0.25) is 0 Å². The second kappa shape index (κ2) is 6.18. The maximum Gasteiger partial charge on any atom is 0.0332 e. The lowest BCUT2D eigenvalue weighted by Gasteiger charge is -2.46. The van der Waals surface area contributed by atoms with Crippen molar-refractivity contribution in [3.8, 4) is 0 Å². The van der Waals surface area contributed by atoms with Gasteiger partial charge in [0.1, 0.15) is 0 Å². The van der Waals surface area contributed by atoms with Gasteiger partial charge in [0.15, 0.2) is 0 Å². The number of rotatable bonds is 5. The van der Waals surface area contributed by atoms with Crippen LogP contribution in [0.5, 0.6) is 0 Å². The Labute approximate surface area is 115 Å². The highest BCUT2D eigenvalue weighted by Gasteiger charge is 2.36. The average molecular weight is 266 g/mol. The Morgan fingerprint density at radius 2 is 2.11 bits per heavy atom. The van der Waals surface area contributed by atoms with E-state index in [1.807, 2.05) is 0 Å². The van der Waals surface area contributed by atoms with Crippen LogP contribution >= 0.6 is 11.3 Å². The van der Waals surface area contributed by atoms with Gasteiger partial charge in [0, 0.05) is 11.6 Å². The monoisotopic (exact) mass is 266 g/mol. The molecular weight excluding hydrogens is 240 g/mol. The first-order valence-corrected chi connectivity index (χ1v) is 8.13. The molecule has 0 saturated carbocycles. The fourth-order valence-corrected chi connectivity index (χ4v) is 3.69. The Morgan fingerprint density at radius 3 is 2.67 bits per heavy atom. The number of thiophene rings is 1. The van der Waals surface area contributed by atoms with Crippen molar-refractivity contribution in [2.75, 3.05) is 13.1 Å². The second-order valence-electron chi connectivity index (χ2n) is 5.70. The largest absolute Gasteiger partial charge is 0.326 e. The lowest BCUT2D eigenvalue weighted by atomic mass is 9.83. The first kappa shape index (κ1) is 14.0. The Hall–Kier alpha value is -0.380. The molecule has 1 aliphatic heterocycles. The fourth-order valence-electron chi connectivity index (χ4n) is 3.01. The van der Waals surface area contributed by atoms with Crippen molar-refractivity contribution >= 4 is 11.3 Å². The van der Waals surface area contributed by atoms with Crippen LogP contribution in [0.2, 0.25) is 0 Å². The highest BCUT2D eigenvalue weighted by Crippen LogP contribution is 2.28. The molecule has 2 atom stereocenters. The van der Waals surface area contributed by atoms with E-state index in [0.29, 0.717) is 0 Å². The third kappa shape index (κ3) is 2.95. The molecule has 0 aromatic carbocycles. The summed E-state index contributed by atoms with van der Waals surface area (Å²) < 4.78 is 0. The van der Waals surface area contributed by atoms with Crippen LogP contribution in [0.15, 0.2) is 16.8 Å². The Balaban J connectivity index is 2.04. The van der Waals surface area contributed by atoms with E-state index in [0.717, 1.165) is 12.8 Å². The van der Waals surface area contributed by atoms with Crippen LogP contribution in [0.1, 0.15) is 45.1 Å². The molecule has 0 amide bonds. The van der Waals surface area contributed by atoms with Gasteiger partial charge < -0.3 is 5.73 Å². The zero-order valence-corrected chi connectivity index (χ0v) is 12.5. The summed E-state index contributed by atoms with van der Waals surface area (Å²) in [4.78, 5) is 2.63. The molecule has 1 fully saturated rings. The van der Waals surface area contributed by atoms with Gasteiger partial charge in [-0.25, -0.2) is 0 Å². The first-order chi connectivity index (χ1) is 8.66. The van der Waals surface area contributed by atoms with Gasteiger partial charge in [-0.1, -0.05) is 13.3 Å². The quantitative estimate of drug-likeness (QED) is 0.886. The molecule has 3 heteroatoms. The summed E-state index contributed by atoms with van der Waals surface area (Å²) in [5, 5.41) is 4.37. The highest BCUT2D eigenvalue weighted by atomic mass is 32.1. The summed E-state index contributed by atoms with van der Waals surface area (Å²) in [5.41, 5.74) is 8.10. The number of hydrogen-bond donors (Lipinski definition) is 1. The molecule has 2 N–H and O–H groups in total. The van der Waals surface area contributed by atoms with E-state index in [1.165, 1.54) is 37.9 Å². The molecule has 1 saturated heterocycles. The molecule has 2 heterocycles. The van der Waals surface area contributed by atoms with Crippen molar-refractivity contribution in [3.63, 3.8) is 0 Å². The number of piperidine rings is 1. The number of nitrogens with two attached hydrogens (primary N) is 1. The zero-order chi connectivity index (χ0) is 13.0. The van der Waals surface area contributed by atoms with Gasteiger partial charge in [0.05, 0.1) is 0 Å². The lowest BCUT2D eigenvalue weighted by molar-refractivity contribution is 0.0546. The summed E-state index contributed by atoms with van der Waals surface area (Å²) in [6.07, 6.45) is 6.19. The van der Waals surface area contributed by atoms with E-state index < -0.39 is 0 Å². The van der Waals surface area contributed by atoms with Crippen LogP contribution in [-0.2, 0) is 6.42 Å². The van der Waals surface area contributed by atoms with Crippen LogP contribution in [0, 0.1) is 0 Å². The van der Waals surface area contributed by atoms with Gasteiger partial charge in [-0.3, -0.25) is 4.90 Å². The van der Waals surface area contributed by atoms with Crippen LogP contribution in [0.25, 0.3) is 0 Å². The second-order valence-corrected chi connectivity index (χ2v) is 6.48. The smallest absolute Gasteiger partial charge is 0.0332 e. The Bertz CT molecular complexity index is 343. The summed E-state index contributed by atoms with van der Waals surface area (Å²) in [6, 6.07) is 2.44. The van der Waals surface area contributed by atoms with E-state index in [2.05, 4.69) is 35.6 Å². The number of nitrogens with zero attached hydrogens (tertiary/aromatic N) is 1. The van der Waals surface area contributed by atoms with Crippen LogP contribution in [0.3, 0.4) is 0 Å². The van der Waals surface area contributed by atoms with Gasteiger partial charge >= 0.3 is 0 Å². The minimum atomic E-state index is 0.155. The summed E-state index contributed by atoms with van der Waals surface area (Å²) in [7, 11) is 0. The van der Waals surface area contributed by atoms with E-state index >= 15 is 0 Å². The molecule has 1 aromatic heterocycles. The van der Waals surface area contributed by atoms with Crippen LogP contribution in [-0.4, -0.2) is 29.6 Å². The summed E-state index contributed by atoms with van der Waals surface area (Å²) in [5.74, 6) is 0. The third-order valence-corrected chi connectivity index (χ3v) is 5.36. The maximum atomic E-state index is 6.55. The van der Waals surface area contributed by atoms with Crippen molar-refractivity contribution in [2.24, 2.45) is 5.73 Å². The molecule has 1 aliphatic rings. The van der Waals surface area contributed by atoms with Gasteiger partial charge in [-0.15, -0.1) is 0 Å². The predicted octanol–water partition coefficient (Wildman–Crippen LogP) is 3.27. The van der Waals surface area contributed by atoms with Crippen molar-refractivity contribution < 1.29 is 0 Å². The van der Waals surface area contributed by atoms with E-state index in [-0.39, 0.29) is 11.6 Å². The normalized spacial score (nSPS) is 22.6. The standard InChI is InChI=1S/C15H26N2S/c1-3-15(2,17-8-5-4-6-9-17)14(16)11-13-7-10-18-12-13/h7,10,12,14H,3-6,8-9,11,16H2,1-2H3. The predicted molar refractivity (Wildman–Crippen MR) is 80.1 cm³/mol. The van der Waals surface area contributed by atoms with Crippen molar-refractivity contribution in [2.45, 2.75) is 57.5 Å². The molecule has 1 aromatic rings. The SMILES string of the molecule is CCC(C)(C(N)Cc1ccsc1)N1CCCCC1. The average Bonchev–Trinajstić information content (AvgIpc) is 2.91. The lowest BCUT2D eigenvalue weighted by Crippen LogP contribution is -2.59. The molecule has 2 nitrogen and oxygen atoms in total. The molecule has 0 aliphatic carbocycles. The molecule has 0 bridgehead atoms. The topological polar surface area (TPSA) is 29.3 Å². The summed E-state index contributed by atoms with van der Waals surface area (Å²) in [6.45, 7) is 7.08. The molecule has 2 unspecified atom stereocenters.